The van der Waals surface area contributed by atoms with E-state index in [2.05, 4.69) is 4.98 Å². The van der Waals surface area contributed by atoms with Crippen LogP contribution in [0.1, 0.15) is 24.8 Å². The zero-order chi connectivity index (χ0) is 16.0. The third-order valence-corrected chi connectivity index (χ3v) is 4.86. The van der Waals surface area contributed by atoms with Crippen LogP contribution in [-0.2, 0) is 15.7 Å². The van der Waals surface area contributed by atoms with Gasteiger partial charge in [-0.05, 0) is 30.9 Å². The number of carbonyl (C=O) groups is 1. The normalized spacial score (nSPS) is 27.8. The maximum atomic E-state index is 12.6. The first-order valence-electron chi connectivity index (χ1n) is 7.23. The van der Waals surface area contributed by atoms with Crippen molar-refractivity contribution in [3.8, 4) is 0 Å². The average molecular weight is 314 g/mol. The van der Waals surface area contributed by atoms with Crippen LogP contribution in [0.25, 0.3) is 0 Å². The second kappa shape index (κ2) is 5.14. The first-order valence-corrected chi connectivity index (χ1v) is 7.23. The Kier molecular flexibility index (Phi) is 3.53. The fourth-order valence-electron chi connectivity index (χ4n) is 3.74. The summed E-state index contributed by atoms with van der Waals surface area (Å²) in [4.78, 5) is 18.0. The van der Waals surface area contributed by atoms with Gasteiger partial charge in [0.25, 0.3) is 0 Å². The molecule has 0 aromatic carbocycles. The zero-order valence-electron chi connectivity index (χ0n) is 12.2. The second-order valence-corrected chi connectivity index (χ2v) is 6.02. The summed E-state index contributed by atoms with van der Waals surface area (Å²) in [5.41, 5.74) is -1.29. The number of pyridine rings is 1. The van der Waals surface area contributed by atoms with Crippen molar-refractivity contribution in [1.82, 2.24) is 4.98 Å². The number of alkyl halides is 3. The third-order valence-electron chi connectivity index (χ3n) is 4.86. The lowest BCUT2D eigenvalue weighted by Crippen LogP contribution is -2.37. The Morgan fingerprint density at radius 3 is 2.82 bits per heavy atom. The van der Waals surface area contributed by atoms with Crippen LogP contribution in [0.4, 0.5) is 19.0 Å². The molecule has 4 nitrogen and oxygen atoms in total. The Morgan fingerprint density at radius 1 is 1.45 bits per heavy atom. The first-order chi connectivity index (χ1) is 10.4. The summed E-state index contributed by atoms with van der Waals surface area (Å²) in [5.74, 6) is 0.444. The zero-order valence-corrected chi connectivity index (χ0v) is 12.2. The molecule has 0 bridgehead atoms. The number of nitrogens with zero attached hydrogens (tertiary/aromatic N) is 2. The van der Waals surface area contributed by atoms with Crippen molar-refractivity contribution < 1.29 is 22.7 Å². The Balaban J connectivity index is 1.82. The van der Waals surface area contributed by atoms with Gasteiger partial charge >= 0.3 is 12.1 Å². The maximum Gasteiger partial charge on any atom is 0.417 e. The maximum absolute atomic E-state index is 12.6. The molecule has 2 heterocycles. The van der Waals surface area contributed by atoms with Crippen molar-refractivity contribution in [2.24, 2.45) is 11.3 Å². The van der Waals surface area contributed by atoms with Gasteiger partial charge in [-0.3, -0.25) is 4.79 Å². The minimum atomic E-state index is -4.39. The van der Waals surface area contributed by atoms with Gasteiger partial charge in [-0.2, -0.15) is 13.2 Å². The molecular formula is C15H17F3N2O2. The molecule has 0 radical (unpaired) electrons. The smallest absolute Gasteiger partial charge is 0.417 e. The molecule has 1 aromatic heterocycles. The molecule has 1 aliphatic heterocycles. The van der Waals surface area contributed by atoms with Crippen LogP contribution in [0, 0.1) is 11.3 Å². The van der Waals surface area contributed by atoms with Crippen LogP contribution in [0.15, 0.2) is 18.3 Å². The fraction of sp³-hybridized carbons (Fsp3) is 0.600. The van der Waals surface area contributed by atoms with E-state index >= 15 is 0 Å². The van der Waals surface area contributed by atoms with Gasteiger partial charge in [0.1, 0.15) is 5.82 Å². The van der Waals surface area contributed by atoms with Crippen molar-refractivity contribution in [3.63, 3.8) is 0 Å². The SMILES string of the molecule is COC(=O)C12CCCC1CN(c1ccc(C(F)(F)F)cn1)C2. The molecule has 0 spiro atoms. The van der Waals surface area contributed by atoms with E-state index in [1.165, 1.54) is 13.2 Å². The van der Waals surface area contributed by atoms with Crippen LogP contribution < -0.4 is 4.90 Å². The van der Waals surface area contributed by atoms with E-state index in [4.69, 9.17) is 4.74 Å². The Bertz CT molecular complexity index is 573. The van der Waals surface area contributed by atoms with E-state index in [0.29, 0.717) is 18.9 Å². The van der Waals surface area contributed by atoms with E-state index in [1.54, 1.807) is 0 Å². The number of fused-ring (bicyclic) bond motifs is 1. The number of esters is 1. The summed E-state index contributed by atoms with van der Waals surface area (Å²) >= 11 is 0. The number of aromatic nitrogens is 1. The quantitative estimate of drug-likeness (QED) is 0.787. The van der Waals surface area contributed by atoms with E-state index in [9.17, 15) is 18.0 Å². The van der Waals surface area contributed by atoms with Crippen LogP contribution in [0.5, 0.6) is 0 Å². The van der Waals surface area contributed by atoms with Gasteiger partial charge in [0.05, 0.1) is 18.1 Å². The van der Waals surface area contributed by atoms with Gasteiger partial charge in [-0.25, -0.2) is 4.98 Å². The van der Waals surface area contributed by atoms with Gasteiger partial charge in [0, 0.05) is 19.3 Å². The predicted molar refractivity (Wildman–Crippen MR) is 73.2 cm³/mol. The van der Waals surface area contributed by atoms with Crippen LogP contribution >= 0.6 is 0 Å². The number of carbonyl (C=O) groups excluding carboxylic acids is 1. The molecule has 2 atom stereocenters. The van der Waals surface area contributed by atoms with Crippen molar-refractivity contribution in [2.45, 2.75) is 25.4 Å². The van der Waals surface area contributed by atoms with E-state index in [-0.39, 0.29) is 11.9 Å². The van der Waals surface area contributed by atoms with Crippen LogP contribution in [0.2, 0.25) is 0 Å². The molecule has 120 valence electrons. The molecule has 2 fully saturated rings. The van der Waals surface area contributed by atoms with Crippen molar-refractivity contribution in [1.29, 1.82) is 0 Å². The molecule has 3 rings (SSSR count). The van der Waals surface area contributed by atoms with Crippen molar-refractivity contribution >= 4 is 11.8 Å². The van der Waals surface area contributed by atoms with Gasteiger partial charge in [-0.1, -0.05) is 6.42 Å². The predicted octanol–water partition coefficient (Wildman–Crippen LogP) is 2.88. The summed E-state index contributed by atoms with van der Waals surface area (Å²) in [6.45, 7) is 1.09. The monoisotopic (exact) mass is 314 g/mol. The lowest BCUT2D eigenvalue weighted by Gasteiger charge is -2.25. The highest BCUT2D eigenvalue weighted by Crippen LogP contribution is 2.50. The van der Waals surface area contributed by atoms with Crippen LogP contribution in [0.3, 0.4) is 0 Å². The Morgan fingerprint density at radius 2 is 2.23 bits per heavy atom. The summed E-state index contributed by atoms with van der Waals surface area (Å²) in [5, 5.41) is 0. The highest BCUT2D eigenvalue weighted by Gasteiger charge is 2.55. The number of hydrogen-bond donors (Lipinski definition) is 0. The van der Waals surface area contributed by atoms with Gasteiger partial charge in [0.15, 0.2) is 0 Å². The first kappa shape index (κ1) is 15.1. The van der Waals surface area contributed by atoms with Gasteiger partial charge in [-0.15, -0.1) is 0 Å². The molecule has 1 aliphatic carbocycles. The largest absolute Gasteiger partial charge is 0.469 e. The molecule has 0 amide bonds. The highest BCUT2D eigenvalue weighted by molar-refractivity contribution is 5.79. The number of ether oxygens (including phenoxy) is 1. The molecule has 1 aromatic rings. The molecule has 1 saturated carbocycles. The number of hydrogen-bond acceptors (Lipinski definition) is 4. The molecule has 1 saturated heterocycles. The molecular weight excluding hydrogens is 297 g/mol. The lowest BCUT2D eigenvalue weighted by molar-refractivity contribution is -0.152. The van der Waals surface area contributed by atoms with Crippen LogP contribution in [-0.4, -0.2) is 31.2 Å². The summed E-state index contributed by atoms with van der Waals surface area (Å²) < 4.78 is 42.7. The molecule has 0 N–H and O–H groups in total. The summed E-state index contributed by atoms with van der Waals surface area (Å²) in [6, 6.07) is 2.40. The minimum absolute atomic E-state index is 0.184. The molecule has 22 heavy (non-hydrogen) atoms. The van der Waals surface area contributed by atoms with E-state index in [1.807, 2.05) is 4.90 Å². The molecule has 2 unspecified atom stereocenters. The minimum Gasteiger partial charge on any atom is -0.469 e. The number of methoxy groups -OCH3 is 1. The number of anilines is 1. The van der Waals surface area contributed by atoms with E-state index in [0.717, 1.165) is 31.5 Å². The van der Waals surface area contributed by atoms with Gasteiger partial charge < -0.3 is 9.64 Å². The van der Waals surface area contributed by atoms with Crippen molar-refractivity contribution in [3.05, 3.63) is 23.9 Å². The topological polar surface area (TPSA) is 42.4 Å². The second-order valence-electron chi connectivity index (χ2n) is 6.02. The highest BCUT2D eigenvalue weighted by atomic mass is 19.4. The third kappa shape index (κ3) is 2.32. The standard InChI is InChI=1S/C15H17F3N2O2/c1-22-13(21)14-6-2-3-11(14)8-20(9-14)12-5-4-10(7-19-12)15(16,17)18/h4-5,7,11H,2-3,6,8-9H2,1H3. The number of halogens is 3. The number of rotatable bonds is 2. The molecule has 2 aliphatic rings. The van der Waals surface area contributed by atoms with Gasteiger partial charge in [0.2, 0.25) is 0 Å². The summed E-state index contributed by atoms with van der Waals surface area (Å²) in [6.07, 6.45) is -0.865. The lowest BCUT2D eigenvalue weighted by atomic mass is 9.81. The van der Waals surface area contributed by atoms with Crippen molar-refractivity contribution in [2.75, 3.05) is 25.1 Å². The summed E-state index contributed by atoms with van der Waals surface area (Å²) in [7, 11) is 1.38. The Labute approximate surface area is 126 Å². The fourth-order valence-corrected chi connectivity index (χ4v) is 3.74. The van der Waals surface area contributed by atoms with E-state index < -0.39 is 17.2 Å². The Hall–Kier alpha value is -1.79. The molecule has 7 heteroatoms. The average Bonchev–Trinajstić information content (AvgIpc) is 3.03.